The fourth-order valence-electron chi connectivity index (χ4n) is 4.51. The topological polar surface area (TPSA) is 74.3 Å². The first-order chi connectivity index (χ1) is 15.8. The Morgan fingerprint density at radius 1 is 1.12 bits per heavy atom. The number of nitrogens with zero attached hydrogens (tertiary/aromatic N) is 2. The van der Waals surface area contributed by atoms with Crippen molar-refractivity contribution in [1.82, 2.24) is 20.6 Å². The van der Waals surface area contributed by atoms with Gasteiger partial charge in [0.25, 0.3) is 0 Å². The molecule has 1 aliphatic heterocycles. The first-order valence-corrected chi connectivity index (χ1v) is 10.9. The number of rotatable bonds is 5. The van der Waals surface area contributed by atoms with Gasteiger partial charge in [-0.05, 0) is 49.6 Å². The van der Waals surface area contributed by atoms with Gasteiger partial charge in [0.2, 0.25) is 0 Å². The first-order valence-electron chi connectivity index (χ1n) is 10.9. The maximum atomic E-state index is 12.4. The van der Waals surface area contributed by atoms with Crippen molar-refractivity contribution in [2.24, 2.45) is 4.99 Å². The van der Waals surface area contributed by atoms with Crippen LogP contribution in [0.2, 0.25) is 0 Å². The molecule has 33 heavy (non-hydrogen) atoms. The molecule has 1 saturated carbocycles. The van der Waals surface area contributed by atoms with Crippen molar-refractivity contribution in [1.29, 1.82) is 0 Å². The van der Waals surface area contributed by atoms with E-state index < -0.39 is 12.1 Å². The molecule has 3 N–H and O–H groups in total. The van der Waals surface area contributed by atoms with Crippen LogP contribution in [0.1, 0.15) is 38.2 Å². The second-order valence-corrected chi connectivity index (χ2v) is 8.57. The summed E-state index contributed by atoms with van der Waals surface area (Å²) >= 11 is 0. The number of pyridine rings is 1. The highest BCUT2D eigenvalue weighted by molar-refractivity contribution is 6.16. The SMILES string of the molecule is CC1(NC2CCCC2)N=C(c2c[nH]c3ncc(-c4ccc(OC(F)(F)F)cc4)cc23)C=CN1. The minimum absolute atomic E-state index is 0.258. The molecule has 1 atom stereocenters. The van der Waals surface area contributed by atoms with Gasteiger partial charge in [0, 0.05) is 41.1 Å². The number of ether oxygens (including phenoxy) is 1. The molecular formula is C24H24F3N5O. The fourth-order valence-corrected chi connectivity index (χ4v) is 4.51. The van der Waals surface area contributed by atoms with Crippen LogP contribution in [0.25, 0.3) is 22.2 Å². The normalized spacial score (nSPS) is 21.3. The summed E-state index contributed by atoms with van der Waals surface area (Å²) in [5, 5.41) is 7.83. The highest BCUT2D eigenvalue weighted by Gasteiger charge is 2.31. The molecule has 0 radical (unpaired) electrons. The highest BCUT2D eigenvalue weighted by atomic mass is 19.4. The standard InChI is InChI=1S/C24H24F3N5O/c1-23(31-17-4-2-3-5-17)30-11-10-21(32-23)20-14-29-22-19(20)12-16(13-28-22)15-6-8-18(9-7-15)33-24(25,26)27/h6-14,17,30-31H,2-5H2,1H3,(H,28,29). The zero-order valence-electron chi connectivity index (χ0n) is 18.0. The Hall–Kier alpha value is -3.33. The van der Waals surface area contributed by atoms with Gasteiger partial charge in [0.15, 0.2) is 5.79 Å². The molecule has 0 saturated heterocycles. The lowest BCUT2D eigenvalue weighted by molar-refractivity contribution is -0.274. The van der Waals surface area contributed by atoms with Crippen molar-refractivity contribution in [3.05, 3.63) is 60.6 Å². The van der Waals surface area contributed by atoms with Gasteiger partial charge in [0.1, 0.15) is 11.4 Å². The summed E-state index contributed by atoms with van der Waals surface area (Å²) in [4.78, 5) is 12.6. The molecule has 1 unspecified atom stereocenters. The molecule has 1 aromatic carbocycles. The molecule has 0 bridgehead atoms. The van der Waals surface area contributed by atoms with E-state index in [0.717, 1.165) is 40.6 Å². The van der Waals surface area contributed by atoms with E-state index in [4.69, 9.17) is 4.99 Å². The quantitative estimate of drug-likeness (QED) is 0.492. The van der Waals surface area contributed by atoms with Gasteiger partial charge in [-0.15, -0.1) is 13.2 Å². The van der Waals surface area contributed by atoms with Gasteiger partial charge >= 0.3 is 6.36 Å². The van der Waals surface area contributed by atoms with Crippen molar-refractivity contribution >= 4 is 16.7 Å². The molecule has 2 aromatic heterocycles. The van der Waals surface area contributed by atoms with E-state index in [0.29, 0.717) is 11.7 Å². The monoisotopic (exact) mass is 455 g/mol. The summed E-state index contributed by atoms with van der Waals surface area (Å²) in [5.41, 5.74) is 3.97. The van der Waals surface area contributed by atoms with Gasteiger partial charge < -0.3 is 15.0 Å². The Morgan fingerprint density at radius 2 is 1.88 bits per heavy atom. The number of nitrogens with one attached hydrogen (secondary N) is 3. The maximum absolute atomic E-state index is 12.4. The van der Waals surface area contributed by atoms with Crippen LogP contribution in [-0.2, 0) is 0 Å². The van der Waals surface area contributed by atoms with Crippen LogP contribution in [0.5, 0.6) is 5.75 Å². The minimum atomic E-state index is -4.72. The summed E-state index contributed by atoms with van der Waals surface area (Å²) in [6, 6.07) is 8.17. The van der Waals surface area contributed by atoms with E-state index in [-0.39, 0.29) is 5.75 Å². The average molecular weight is 455 g/mol. The van der Waals surface area contributed by atoms with E-state index >= 15 is 0 Å². The fraction of sp³-hybridized carbons (Fsp3) is 0.333. The van der Waals surface area contributed by atoms with Crippen molar-refractivity contribution in [2.75, 3.05) is 0 Å². The Kier molecular flexibility index (Phi) is 5.36. The van der Waals surface area contributed by atoms with E-state index in [1.807, 2.05) is 31.5 Å². The number of aromatic amines is 1. The summed E-state index contributed by atoms with van der Waals surface area (Å²) in [6.45, 7) is 2.03. The van der Waals surface area contributed by atoms with Crippen LogP contribution in [-0.4, -0.2) is 33.9 Å². The number of hydrogen-bond acceptors (Lipinski definition) is 5. The predicted molar refractivity (Wildman–Crippen MR) is 121 cm³/mol. The lowest BCUT2D eigenvalue weighted by Crippen LogP contribution is -2.55. The summed E-state index contributed by atoms with van der Waals surface area (Å²) in [5.74, 6) is -0.854. The average Bonchev–Trinajstić information content (AvgIpc) is 3.42. The summed E-state index contributed by atoms with van der Waals surface area (Å²) < 4.78 is 41.3. The second-order valence-electron chi connectivity index (χ2n) is 8.57. The Morgan fingerprint density at radius 3 is 2.61 bits per heavy atom. The van der Waals surface area contributed by atoms with Crippen molar-refractivity contribution in [3.63, 3.8) is 0 Å². The van der Waals surface area contributed by atoms with Gasteiger partial charge in [0.05, 0.1) is 5.71 Å². The zero-order chi connectivity index (χ0) is 23.1. The minimum Gasteiger partial charge on any atom is -0.406 e. The third-order valence-electron chi connectivity index (χ3n) is 6.02. The maximum Gasteiger partial charge on any atom is 0.573 e. The molecule has 2 aliphatic rings. The van der Waals surface area contributed by atoms with Crippen LogP contribution in [0.4, 0.5) is 13.2 Å². The van der Waals surface area contributed by atoms with Gasteiger partial charge in [-0.1, -0.05) is 25.0 Å². The third kappa shape index (κ3) is 4.73. The van der Waals surface area contributed by atoms with Crippen LogP contribution < -0.4 is 15.4 Å². The molecule has 3 aromatic rings. The van der Waals surface area contributed by atoms with Crippen LogP contribution in [0.15, 0.2) is 60.0 Å². The molecule has 1 aliphatic carbocycles. The number of hydrogen-bond donors (Lipinski definition) is 3. The Bertz CT molecular complexity index is 1210. The summed E-state index contributed by atoms with van der Waals surface area (Å²) in [7, 11) is 0. The van der Waals surface area contributed by atoms with Crippen LogP contribution in [0.3, 0.4) is 0 Å². The number of aliphatic imine (C=N–C) groups is 1. The number of fused-ring (bicyclic) bond motifs is 1. The molecule has 172 valence electrons. The molecule has 5 rings (SSSR count). The third-order valence-corrected chi connectivity index (χ3v) is 6.02. The molecule has 0 spiro atoms. The van der Waals surface area contributed by atoms with Crippen molar-refractivity contribution in [2.45, 2.75) is 50.8 Å². The number of halogens is 3. The van der Waals surface area contributed by atoms with Gasteiger partial charge in [-0.2, -0.15) is 0 Å². The van der Waals surface area contributed by atoms with Gasteiger partial charge in [-0.25, -0.2) is 9.98 Å². The molecule has 9 heteroatoms. The number of benzene rings is 1. The molecule has 3 heterocycles. The lowest BCUT2D eigenvalue weighted by Gasteiger charge is -2.33. The largest absolute Gasteiger partial charge is 0.573 e. The van der Waals surface area contributed by atoms with E-state index in [9.17, 15) is 13.2 Å². The smallest absolute Gasteiger partial charge is 0.406 e. The summed E-state index contributed by atoms with van der Waals surface area (Å²) in [6.07, 6.45) is 7.46. The van der Waals surface area contributed by atoms with Crippen molar-refractivity contribution < 1.29 is 17.9 Å². The lowest BCUT2D eigenvalue weighted by atomic mass is 10.0. The van der Waals surface area contributed by atoms with E-state index in [1.165, 1.54) is 25.0 Å². The van der Waals surface area contributed by atoms with Crippen molar-refractivity contribution in [3.8, 4) is 16.9 Å². The Labute approximate surface area is 189 Å². The molecular weight excluding hydrogens is 431 g/mol. The number of allylic oxidation sites excluding steroid dienone is 1. The Balaban J connectivity index is 1.44. The second kappa shape index (κ2) is 8.22. The van der Waals surface area contributed by atoms with Gasteiger partial charge in [-0.3, -0.25) is 5.32 Å². The van der Waals surface area contributed by atoms with E-state index in [1.54, 1.807) is 18.3 Å². The number of aromatic nitrogens is 2. The van der Waals surface area contributed by atoms with Crippen LogP contribution >= 0.6 is 0 Å². The van der Waals surface area contributed by atoms with Crippen LogP contribution in [0, 0.1) is 0 Å². The predicted octanol–water partition coefficient (Wildman–Crippen LogP) is 5.24. The molecule has 1 fully saturated rings. The molecule has 6 nitrogen and oxygen atoms in total. The number of H-pyrrole nitrogens is 1. The highest BCUT2D eigenvalue weighted by Crippen LogP contribution is 2.29. The zero-order valence-corrected chi connectivity index (χ0v) is 18.0. The first kappa shape index (κ1) is 21.5. The van der Waals surface area contributed by atoms with E-state index in [2.05, 4.69) is 25.3 Å². The number of alkyl halides is 3. The molecule has 0 amide bonds.